The Morgan fingerprint density at radius 2 is 2.29 bits per heavy atom. The SMILES string of the molecule is O=[N+]([O-])c1cccc(-c2noc(C3COCCC3O)n2)c1. The van der Waals surface area contributed by atoms with Gasteiger partial charge in [-0.1, -0.05) is 17.3 Å². The molecular weight excluding hydrogens is 278 g/mol. The molecule has 8 nitrogen and oxygen atoms in total. The Labute approximate surface area is 119 Å². The zero-order valence-electron chi connectivity index (χ0n) is 11.0. The van der Waals surface area contributed by atoms with Crippen LogP contribution >= 0.6 is 0 Å². The topological polar surface area (TPSA) is 112 Å². The quantitative estimate of drug-likeness (QED) is 0.673. The van der Waals surface area contributed by atoms with E-state index in [1.165, 1.54) is 12.1 Å². The molecule has 1 aliphatic heterocycles. The smallest absolute Gasteiger partial charge is 0.270 e. The van der Waals surface area contributed by atoms with Gasteiger partial charge in [0.1, 0.15) is 0 Å². The molecule has 1 aromatic carbocycles. The predicted octanol–water partition coefficient (Wildman–Crippen LogP) is 1.51. The van der Waals surface area contributed by atoms with E-state index in [1.54, 1.807) is 12.1 Å². The summed E-state index contributed by atoms with van der Waals surface area (Å²) in [5.41, 5.74) is 0.449. The van der Waals surface area contributed by atoms with Crippen molar-refractivity contribution in [2.45, 2.75) is 18.4 Å². The molecule has 110 valence electrons. The Hall–Kier alpha value is -2.32. The summed E-state index contributed by atoms with van der Waals surface area (Å²) in [7, 11) is 0. The molecule has 0 saturated carbocycles. The highest BCUT2D eigenvalue weighted by Crippen LogP contribution is 2.27. The Bertz CT molecular complexity index is 657. The van der Waals surface area contributed by atoms with Crippen molar-refractivity contribution in [2.24, 2.45) is 0 Å². The number of aliphatic hydroxyl groups is 1. The first-order chi connectivity index (χ1) is 10.1. The second kappa shape index (κ2) is 5.58. The summed E-state index contributed by atoms with van der Waals surface area (Å²) < 4.78 is 10.5. The van der Waals surface area contributed by atoms with E-state index in [9.17, 15) is 15.2 Å². The summed E-state index contributed by atoms with van der Waals surface area (Å²) in [6.45, 7) is 0.821. The minimum atomic E-state index is -0.586. The van der Waals surface area contributed by atoms with Crippen LogP contribution in [0.3, 0.4) is 0 Å². The first kappa shape index (κ1) is 13.7. The third-order valence-electron chi connectivity index (χ3n) is 3.39. The van der Waals surface area contributed by atoms with Crippen molar-refractivity contribution in [1.82, 2.24) is 10.1 Å². The van der Waals surface area contributed by atoms with Crippen LogP contribution in [0.2, 0.25) is 0 Å². The van der Waals surface area contributed by atoms with Crippen LogP contribution in [-0.4, -0.2) is 39.5 Å². The minimum Gasteiger partial charge on any atom is -0.392 e. The highest BCUT2D eigenvalue weighted by atomic mass is 16.6. The fourth-order valence-electron chi connectivity index (χ4n) is 2.22. The minimum absolute atomic E-state index is 0.0418. The fraction of sp³-hybridized carbons (Fsp3) is 0.385. The van der Waals surface area contributed by atoms with Gasteiger partial charge < -0.3 is 14.4 Å². The number of hydrogen-bond acceptors (Lipinski definition) is 7. The van der Waals surface area contributed by atoms with Gasteiger partial charge in [0, 0.05) is 24.3 Å². The molecule has 21 heavy (non-hydrogen) atoms. The largest absolute Gasteiger partial charge is 0.392 e. The number of nitro benzene ring substituents is 1. The van der Waals surface area contributed by atoms with Gasteiger partial charge in [0.15, 0.2) is 0 Å². The van der Waals surface area contributed by atoms with Gasteiger partial charge in [0.25, 0.3) is 5.69 Å². The number of nitrogens with zero attached hydrogens (tertiary/aromatic N) is 3. The lowest BCUT2D eigenvalue weighted by molar-refractivity contribution is -0.384. The van der Waals surface area contributed by atoms with E-state index in [0.29, 0.717) is 25.2 Å². The van der Waals surface area contributed by atoms with E-state index < -0.39 is 11.0 Å². The van der Waals surface area contributed by atoms with Crippen LogP contribution in [-0.2, 0) is 4.74 Å². The maximum Gasteiger partial charge on any atom is 0.270 e. The molecule has 0 spiro atoms. The van der Waals surface area contributed by atoms with Crippen LogP contribution in [0, 0.1) is 10.1 Å². The van der Waals surface area contributed by atoms with Gasteiger partial charge in [-0.2, -0.15) is 4.98 Å². The molecule has 0 bridgehead atoms. The second-order valence-electron chi connectivity index (χ2n) is 4.80. The second-order valence-corrected chi connectivity index (χ2v) is 4.80. The number of aliphatic hydroxyl groups excluding tert-OH is 1. The molecule has 3 rings (SSSR count). The highest BCUT2D eigenvalue weighted by Gasteiger charge is 2.30. The average Bonchev–Trinajstić information content (AvgIpc) is 2.97. The van der Waals surface area contributed by atoms with Crippen LogP contribution in [0.4, 0.5) is 5.69 Å². The van der Waals surface area contributed by atoms with Crippen LogP contribution in [0.5, 0.6) is 0 Å². The number of benzene rings is 1. The summed E-state index contributed by atoms with van der Waals surface area (Å²) in [6, 6.07) is 5.99. The fourth-order valence-corrected chi connectivity index (χ4v) is 2.22. The van der Waals surface area contributed by atoms with Gasteiger partial charge in [-0.05, 0) is 6.42 Å². The Balaban J connectivity index is 1.87. The molecule has 1 N–H and O–H groups in total. The number of ether oxygens (including phenoxy) is 1. The number of hydrogen-bond donors (Lipinski definition) is 1. The number of rotatable bonds is 3. The molecule has 1 saturated heterocycles. The molecule has 2 heterocycles. The normalized spacial score (nSPS) is 22.1. The molecule has 2 aromatic rings. The molecule has 0 amide bonds. The van der Waals surface area contributed by atoms with Crippen LogP contribution < -0.4 is 0 Å². The van der Waals surface area contributed by atoms with E-state index in [0.717, 1.165) is 0 Å². The summed E-state index contributed by atoms with van der Waals surface area (Å²) in [5, 5.41) is 24.5. The maximum absolute atomic E-state index is 10.8. The van der Waals surface area contributed by atoms with Gasteiger partial charge in [-0.3, -0.25) is 10.1 Å². The zero-order chi connectivity index (χ0) is 14.8. The number of non-ortho nitro benzene ring substituents is 1. The van der Waals surface area contributed by atoms with E-state index >= 15 is 0 Å². The lowest BCUT2D eigenvalue weighted by Crippen LogP contribution is -2.30. The summed E-state index contributed by atoms with van der Waals surface area (Å²) in [6.07, 6.45) is -0.0729. The van der Waals surface area contributed by atoms with Crippen LogP contribution in [0.1, 0.15) is 18.2 Å². The number of nitro groups is 1. The number of aromatic nitrogens is 2. The monoisotopic (exact) mass is 291 g/mol. The highest BCUT2D eigenvalue weighted by molar-refractivity contribution is 5.58. The molecule has 2 unspecified atom stereocenters. The van der Waals surface area contributed by atoms with Gasteiger partial charge >= 0.3 is 0 Å². The maximum atomic E-state index is 10.8. The van der Waals surface area contributed by atoms with Crippen molar-refractivity contribution in [1.29, 1.82) is 0 Å². The van der Waals surface area contributed by atoms with E-state index in [2.05, 4.69) is 10.1 Å². The summed E-state index contributed by atoms with van der Waals surface area (Å²) >= 11 is 0. The molecule has 1 aromatic heterocycles. The third-order valence-corrected chi connectivity index (χ3v) is 3.39. The van der Waals surface area contributed by atoms with Crippen molar-refractivity contribution in [2.75, 3.05) is 13.2 Å². The molecule has 1 aliphatic rings. The van der Waals surface area contributed by atoms with Crippen molar-refractivity contribution in [3.63, 3.8) is 0 Å². The lowest BCUT2D eigenvalue weighted by Gasteiger charge is -2.24. The standard InChI is InChI=1S/C13H13N3O5/c17-11-4-5-20-7-10(11)13-14-12(15-21-13)8-2-1-3-9(6-8)16(18)19/h1-3,6,10-11,17H,4-5,7H2. The lowest BCUT2D eigenvalue weighted by atomic mass is 9.99. The first-order valence-corrected chi connectivity index (χ1v) is 6.49. The molecule has 8 heteroatoms. The van der Waals surface area contributed by atoms with Gasteiger partial charge in [0.2, 0.25) is 11.7 Å². The van der Waals surface area contributed by atoms with Gasteiger partial charge in [-0.15, -0.1) is 0 Å². The summed E-state index contributed by atoms with van der Waals surface area (Å²) in [4.78, 5) is 14.5. The molecule has 0 radical (unpaired) electrons. The van der Waals surface area contributed by atoms with Crippen molar-refractivity contribution < 1.29 is 19.3 Å². The van der Waals surface area contributed by atoms with Crippen molar-refractivity contribution in [3.8, 4) is 11.4 Å². The van der Waals surface area contributed by atoms with Crippen molar-refractivity contribution >= 4 is 5.69 Å². The molecule has 2 atom stereocenters. The van der Waals surface area contributed by atoms with Crippen LogP contribution in [0.25, 0.3) is 11.4 Å². The first-order valence-electron chi connectivity index (χ1n) is 6.49. The molecule has 1 fully saturated rings. The predicted molar refractivity (Wildman–Crippen MR) is 70.6 cm³/mol. The van der Waals surface area contributed by atoms with E-state index in [-0.39, 0.29) is 23.3 Å². The Morgan fingerprint density at radius 1 is 1.43 bits per heavy atom. The average molecular weight is 291 g/mol. The van der Waals surface area contributed by atoms with E-state index in [1.807, 2.05) is 0 Å². The molecular formula is C13H13N3O5. The van der Waals surface area contributed by atoms with Crippen molar-refractivity contribution in [3.05, 3.63) is 40.3 Å². The zero-order valence-corrected chi connectivity index (χ0v) is 11.0. The Morgan fingerprint density at radius 3 is 3.05 bits per heavy atom. The Kier molecular flexibility index (Phi) is 3.63. The molecule has 0 aliphatic carbocycles. The van der Waals surface area contributed by atoms with Gasteiger partial charge in [0.05, 0.1) is 23.6 Å². The van der Waals surface area contributed by atoms with E-state index in [4.69, 9.17) is 9.26 Å². The summed E-state index contributed by atoms with van der Waals surface area (Å²) in [5.74, 6) is 0.175. The van der Waals surface area contributed by atoms with Crippen LogP contribution in [0.15, 0.2) is 28.8 Å². The third kappa shape index (κ3) is 2.76. The van der Waals surface area contributed by atoms with Gasteiger partial charge in [-0.25, -0.2) is 0 Å².